The lowest BCUT2D eigenvalue weighted by Gasteiger charge is -2.19. The number of aromatic nitrogens is 2. The van der Waals surface area contributed by atoms with Gasteiger partial charge in [0.2, 0.25) is 11.8 Å². The summed E-state index contributed by atoms with van der Waals surface area (Å²) in [7, 11) is 3.23. The maximum atomic E-state index is 12.7. The minimum atomic E-state index is -0.424. The maximum absolute atomic E-state index is 12.7. The number of fused-ring (bicyclic) bond motifs is 1. The van der Waals surface area contributed by atoms with Crippen molar-refractivity contribution in [3.8, 4) is 5.88 Å². The van der Waals surface area contributed by atoms with E-state index in [-0.39, 0.29) is 12.5 Å². The van der Waals surface area contributed by atoms with Gasteiger partial charge < -0.3 is 14.4 Å². The van der Waals surface area contributed by atoms with Crippen LogP contribution in [0.25, 0.3) is 17.1 Å². The third kappa shape index (κ3) is 4.98. The van der Waals surface area contributed by atoms with E-state index in [1.165, 1.54) is 11.0 Å². The van der Waals surface area contributed by atoms with E-state index in [4.69, 9.17) is 9.47 Å². The fourth-order valence-corrected chi connectivity index (χ4v) is 3.90. The molecule has 0 bridgehead atoms. The second-order valence-electron chi connectivity index (χ2n) is 7.72. The first-order chi connectivity index (χ1) is 15.9. The molecule has 0 spiro atoms. The lowest BCUT2D eigenvalue weighted by molar-refractivity contribution is -0.125. The second kappa shape index (κ2) is 9.58. The highest BCUT2D eigenvalue weighted by Crippen LogP contribution is 2.27. The third-order valence-electron chi connectivity index (χ3n) is 5.40. The molecule has 2 aromatic heterocycles. The van der Waals surface area contributed by atoms with Gasteiger partial charge >= 0.3 is 6.09 Å². The van der Waals surface area contributed by atoms with Gasteiger partial charge in [-0.3, -0.25) is 14.7 Å². The quantitative estimate of drug-likeness (QED) is 0.462. The number of halogens is 1. The molecule has 4 rings (SSSR count). The number of rotatable bonds is 6. The lowest BCUT2D eigenvalue weighted by Crippen LogP contribution is -2.35. The van der Waals surface area contributed by atoms with Gasteiger partial charge in [-0.2, -0.15) is 0 Å². The molecule has 9 heteroatoms. The van der Waals surface area contributed by atoms with Crippen LogP contribution in [0, 0.1) is 6.92 Å². The molecule has 1 fully saturated rings. The topological polar surface area (TPSA) is 84.9 Å². The number of hydrogen-bond donors (Lipinski definition) is 0. The Balaban J connectivity index is 1.42. The van der Waals surface area contributed by atoms with Crippen LogP contribution in [-0.4, -0.2) is 60.2 Å². The summed E-state index contributed by atoms with van der Waals surface area (Å²) in [5.41, 5.74) is 3.94. The highest BCUT2D eigenvalue weighted by molar-refractivity contribution is 9.10. The standard InChI is InChI=1S/C24H23BrN4O4/c1-15-4-6-17(12-19(15)25)29-14-18(33-24(29)31)13-28(2)22(30)9-5-16-10-11-26-20-7-8-21(32-3)27-23(16)20/h4-12,18H,13-14H2,1-3H3. The fourth-order valence-electron chi connectivity index (χ4n) is 3.54. The van der Waals surface area contributed by atoms with Crippen molar-refractivity contribution in [3.63, 3.8) is 0 Å². The van der Waals surface area contributed by atoms with Gasteiger partial charge in [-0.15, -0.1) is 0 Å². The normalized spacial score (nSPS) is 15.8. The summed E-state index contributed by atoms with van der Waals surface area (Å²) >= 11 is 3.49. The van der Waals surface area contributed by atoms with Gasteiger partial charge in [0.05, 0.1) is 31.2 Å². The molecular formula is C24H23BrN4O4. The van der Waals surface area contributed by atoms with E-state index in [1.807, 2.05) is 31.2 Å². The molecular weight excluding hydrogens is 488 g/mol. The van der Waals surface area contributed by atoms with Gasteiger partial charge in [0.25, 0.3) is 0 Å². The zero-order valence-corrected chi connectivity index (χ0v) is 20.1. The SMILES string of the molecule is COc1ccc2nccc(C=CC(=O)N(C)CC3CN(c4ccc(C)c(Br)c4)C(=O)O3)c2n1. The smallest absolute Gasteiger partial charge is 0.414 e. The number of cyclic esters (lactones) is 1. The number of aryl methyl sites for hydroxylation is 1. The number of pyridine rings is 2. The van der Waals surface area contributed by atoms with Crippen molar-refractivity contribution >= 4 is 50.7 Å². The molecule has 0 saturated carbocycles. The van der Waals surface area contributed by atoms with Gasteiger partial charge in [-0.05, 0) is 42.8 Å². The molecule has 170 valence electrons. The largest absolute Gasteiger partial charge is 0.481 e. The number of hydrogen-bond acceptors (Lipinski definition) is 6. The zero-order chi connectivity index (χ0) is 23.5. The number of likely N-dealkylation sites (N-methyl/N-ethyl adjacent to an activating group) is 1. The minimum Gasteiger partial charge on any atom is -0.481 e. The molecule has 3 aromatic rings. The molecule has 1 aromatic carbocycles. The molecule has 33 heavy (non-hydrogen) atoms. The van der Waals surface area contributed by atoms with Gasteiger partial charge in [0.1, 0.15) is 6.10 Å². The summed E-state index contributed by atoms with van der Waals surface area (Å²) in [6.07, 6.45) is 4.00. The second-order valence-corrected chi connectivity index (χ2v) is 8.58. The zero-order valence-electron chi connectivity index (χ0n) is 18.5. The molecule has 1 saturated heterocycles. The Hall–Kier alpha value is -3.46. The van der Waals surface area contributed by atoms with Crippen molar-refractivity contribution in [2.24, 2.45) is 0 Å². The summed E-state index contributed by atoms with van der Waals surface area (Å²) < 4.78 is 11.6. The molecule has 1 aliphatic rings. The Morgan fingerprint density at radius 3 is 2.91 bits per heavy atom. The highest BCUT2D eigenvalue weighted by Gasteiger charge is 2.33. The van der Waals surface area contributed by atoms with Gasteiger partial charge in [0.15, 0.2) is 0 Å². The monoisotopic (exact) mass is 510 g/mol. The summed E-state index contributed by atoms with van der Waals surface area (Å²) in [6, 6.07) is 11.0. The van der Waals surface area contributed by atoms with Crippen molar-refractivity contribution in [1.29, 1.82) is 0 Å². The maximum Gasteiger partial charge on any atom is 0.414 e. The molecule has 1 unspecified atom stereocenters. The van der Waals surface area contributed by atoms with E-state index in [0.717, 1.165) is 21.3 Å². The minimum absolute atomic E-state index is 0.213. The summed E-state index contributed by atoms with van der Waals surface area (Å²) in [5.74, 6) is 0.261. The Morgan fingerprint density at radius 1 is 1.33 bits per heavy atom. The average molecular weight is 511 g/mol. The number of benzene rings is 1. The van der Waals surface area contributed by atoms with Crippen LogP contribution in [0.1, 0.15) is 11.1 Å². The van der Waals surface area contributed by atoms with Crippen LogP contribution in [-0.2, 0) is 9.53 Å². The van der Waals surface area contributed by atoms with Crippen molar-refractivity contribution in [2.45, 2.75) is 13.0 Å². The first-order valence-corrected chi connectivity index (χ1v) is 11.1. The van der Waals surface area contributed by atoms with Crippen molar-refractivity contribution in [2.75, 3.05) is 32.1 Å². The van der Waals surface area contributed by atoms with Gasteiger partial charge in [-0.25, -0.2) is 9.78 Å². The number of carbonyl (C=O) groups excluding carboxylic acids is 2. The van der Waals surface area contributed by atoms with Gasteiger partial charge in [0, 0.05) is 41.1 Å². The summed E-state index contributed by atoms with van der Waals surface area (Å²) in [6.45, 7) is 2.63. The van der Waals surface area contributed by atoms with Crippen LogP contribution in [0.5, 0.6) is 5.88 Å². The van der Waals surface area contributed by atoms with E-state index < -0.39 is 12.2 Å². The number of methoxy groups -OCH3 is 1. The van der Waals surface area contributed by atoms with Crippen LogP contribution in [0.4, 0.5) is 10.5 Å². The molecule has 3 heterocycles. The molecule has 1 aliphatic heterocycles. The number of carbonyl (C=O) groups is 2. The summed E-state index contributed by atoms with van der Waals surface area (Å²) in [5, 5.41) is 0. The van der Waals surface area contributed by atoms with Crippen LogP contribution in [0.15, 0.2) is 53.1 Å². The number of anilines is 1. The van der Waals surface area contributed by atoms with Crippen molar-refractivity contribution in [1.82, 2.24) is 14.9 Å². The van der Waals surface area contributed by atoms with Crippen LogP contribution in [0.3, 0.4) is 0 Å². The molecule has 2 amide bonds. The van der Waals surface area contributed by atoms with Crippen molar-refractivity contribution < 1.29 is 19.1 Å². The average Bonchev–Trinajstić information content (AvgIpc) is 3.18. The van der Waals surface area contributed by atoms with E-state index >= 15 is 0 Å². The Bertz CT molecular complexity index is 1250. The Kier molecular flexibility index (Phi) is 6.60. The number of ether oxygens (including phenoxy) is 2. The third-order valence-corrected chi connectivity index (χ3v) is 6.25. The van der Waals surface area contributed by atoms with Crippen LogP contribution in [0.2, 0.25) is 0 Å². The van der Waals surface area contributed by atoms with Crippen LogP contribution >= 0.6 is 15.9 Å². The molecule has 0 aliphatic carbocycles. The Labute approximate surface area is 200 Å². The Morgan fingerprint density at radius 2 is 2.15 bits per heavy atom. The molecule has 0 N–H and O–H groups in total. The molecule has 1 atom stereocenters. The predicted octanol–water partition coefficient (Wildman–Crippen LogP) is 4.21. The summed E-state index contributed by atoms with van der Waals surface area (Å²) in [4.78, 5) is 36.9. The van der Waals surface area contributed by atoms with E-state index in [1.54, 1.807) is 43.5 Å². The highest BCUT2D eigenvalue weighted by atomic mass is 79.9. The van der Waals surface area contributed by atoms with Gasteiger partial charge in [-0.1, -0.05) is 22.0 Å². The molecule has 0 radical (unpaired) electrons. The first kappa shape index (κ1) is 22.7. The van der Waals surface area contributed by atoms with E-state index in [0.29, 0.717) is 23.5 Å². The van der Waals surface area contributed by atoms with Crippen molar-refractivity contribution in [3.05, 3.63) is 64.3 Å². The number of amides is 2. The predicted molar refractivity (Wildman–Crippen MR) is 129 cm³/mol. The lowest BCUT2D eigenvalue weighted by atomic mass is 10.2. The number of nitrogens with zero attached hydrogens (tertiary/aromatic N) is 4. The van der Waals surface area contributed by atoms with Crippen LogP contribution < -0.4 is 9.64 Å². The fraction of sp³-hybridized carbons (Fsp3) is 0.250. The molecule has 8 nitrogen and oxygen atoms in total. The van der Waals surface area contributed by atoms with E-state index in [9.17, 15) is 9.59 Å². The first-order valence-electron chi connectivity index (χ1n) is 10.3. The van der Waals surface area contributed by atoms with E-state index in [2.05, 4.69) is 25.9 Å².